The van der Waals surface area contributed by atoms with Crippen molar-refractivity contribution >= 4 is 11.9 Å². The summed E-state index contributed by atoms with van der Waals surface area (Å²) in [6, 6.07) is 0. The molecule has 7 heteroatoms. The van der Waals surface area contributed by atoms with E-state index in [9.17, 15) is 9.59 Å². The van der Waals surface area contributed by atoms with Crippen molar-refractivity contribution in [1.29, 1.82) is 0 Å². The molecule has 5 nitrogen and oxygen atoms in total. The van der Waals surface area contributed by atoms with Crippen molar-refractivity contribution in [2.45, 2.75) is 6.42 Å². The van der Waals surface area contributed by atoms with Gasteiger partial charge in [0, 0.05) is 6.54 Å². The van der Waals surface area contributed by atoms with Crippen molar-refractivity contribution in [3.8, 4) is 0 Å². The Balaban J connectivity index is -0.0000000675. The summed E-state index contributed by atoms with van der Waals surface area (Å²) in [6.45, 7) is 0.00884. The van der Waals surface area contributed by atoms with Gasteiger partial charge >= 0.3 is 71.1 Å². The van der Waals surface area contributed by atoms with E-state index in [4.69, 9.17) is 10.2 Å². The van der Waals surface area contributed by atoms with Crippen molar-refractivity contribution in [3.63, 3.8) is 0 Å². The molecule has 62 valence electrons. The third-order valence-electron chi connectivity index (χ3n) is 0.792. The van der Waals surface area contributed by atoms with Gasteiger partial charge in [0.2, 0.25) is 0 Å². The van der Waals surface area contributed by atoms with Gasteiger partial charge < -0.3 is 18.4 Å². The average Bonchev–Trinajstić information content (AvgIpc) is 1.79. The van der Waals surface area contributed by atoms with E-state index in [0.717, 1.165) is 0 Å². The first kappa shape index (κ1) is 18.6. The number of carboxylic acids is 2. The first-order chi connectivity index (χ1) is 4.63. The van der Waals surface area contributed by atoms with Gasteiger partial charge in [0.1, 0.15) is 0 Å². The molecule has 0 aromatic rings. The van der Waals surface area contributed by atoms with Crippen LogP contribution in [0.15, 0.2) is 0 Å². The third kappa shape index (κ3) is 17.1. The average molecular weight is 195 g/mol. The van der Waals surface area contributed by atoms with Gasteiger partial charge in [-0.15, -0.1) is 0 Å². The number of rotatable bonds is 5. The molecule has 0 unspecified atom stereocenters. The predicted octanol–water partition coefficient (Wildman–Crippen LogP) is -6.63. The molecule has 0 aromatic heterocycles. The van der Waals surface area contributed by atoms with Crippen molar-refractivity contribution in [3.05, 3.63) is 0 Å². The number of hydrogen-bond donors (Lipinski definition) is 3. The third-order valence-corrected chi connectivity index (χ3v) is 0.792. The monoisotopic (exact) mass is 195 g/mol. The summed E-state index contributed by atoms with van der Waals surface area (Å²) < 4.78 is 0. The Labute approximate surface area is 117 Å². The Morgan fingerprint density at radius 2 is 1.67 bits per heavy atom. The Hall–Kier alpha value is 0.900. The molecule has 0 saturated heterocycles. The molecule has 0 aliphatic rings. The van der Waals surface area contributed by atoms with Crippen LogP contribution >= 0.6 is 0 Å². The summed E-state index contributed by atoms with van der Waals surface area (Å²) in [5.41, 5.74) is 0. The molecule has 0 bridgehead atoms. The molecule has 0 rings (SSSR count). The van der Waals surface area contributed by atoms with E-state index in [1.165, 1.54) is 0 Å². The molecule has 0 amide bonds. The van der Waals surface area contributed by atoms with E-state index in [2.05, 4.69) is 5.32 Å². The molecular formula is C5H11NNa2O4. The Morgan fingerprint density at radius 3 is 2.00 bits per heavy atom. The number of hydrogen-bond acceptors (Lipinski definition) is 3. The van der Waals surface area contributed by atoms with Crippen molar-refractivity contribution in [2.75, 3.05) is 13.1 Å². The van der Waals surface area contributed by atoms with Gasteiger partial charge in [-0.2, -0.15) is 0 Å². The minimum absolute atomic E-state index is 0. The molecular weight excluding hydrogens is 184 g/mol. The molecule has 0 saturated carbocycles. The van der Waals surface area contributed by atoms with Gasteiger partial charge in [-0.3, -0.25) is 9.59 Å². The normalized spacial score (nSPS) is 7.67. The summed E-state index contributed by atoms with van der Waals surface area (Å²) in [5, 5.41) is 18.6. The number of carboxylic acid groups (broad SMARTS) is 2. The van der Waals surface area contributed by atoms with Crippen LogP contribution in [0.4, 0.5) is 0 Å². The molecule has 12 heavy (non-hydrogen) atoms. The first-order valence-corrected chi connectivity index (χ1v) is 2.77. The van der Waals surface area contributed by atoms with Crippen LogP contribution in [-0.2, 0) is 9.59 Å². The molecule has 0 atom stereocenters. The van der Waals surface area contributed by atoms with E-state index in [-0.39, 0.29) is 81.5 Å². The van der Waals surface area contributed by atoms with Crippen LogP contribution in [0.1, 0.15) is 9.27 Å². The van der Waals surface area contributed by atoms with E-state index >= 15 is 0 Å². The zero-order chi connectivity index (χ0) is 7.98. The van der Waals surface area contributed by atoms with Crippen LogP contribution in [0, 0.1) is 0 Å². The predicted molar refractivity (Wildman–Crippen MR) is 35.0 cm³/mol. The molecule has 0 aliphatic heterocycles. The standard InChI is InChI=1S/C5H9NO4.2Na.2H/c7-4(8)1-2-6-3-5(9)10;;;;/h6H,1-3H2,(H,7,8)(H,9,10);;;;/q;2*+1;2*-1. The largest absolute Gasteiger partial charge is 1.00 e. The van der Waals surface area contributed by atoms with E-state index in [1.54, 1.807) is 0 Å². The van der Waals surface area contributed by atoms with Crippen LogP contribution in [0.2, 0.25) is 0 Å². The molecule has 0 fully saturated rings. The van der Waals surface area contributed by atoms with Gasteiger partial charge in [-0.25, -0.2) is 0 Å². The SMILES string of the molecule is O=C(O)CCNCC(=O)O.[H-].[H-].[Na+].[Na+]. The van der Waals surface area contributed by atoms with Crippen LogP contribution < -0.4 is 64.4 Å². The number of nitrogens with one attached hydrogen (secondary N) is 1. The number of aliphatic carboxylic acids is 2. The summed E-state index contributed by atoms with van der Waals surface area (Å²) in [4.78, 5) is 19.7. The molecule has 0 spiro atoms. The van der Waals surface area contributed by atoms with Gasteiger partial charge in [0.15, 0.2) is 0 Å². The molecule has 0 heterocycles. The maximum atomic E-state index is 9.86. The zero-order valence-corrected chi connectivity index (χ0v) is 11.3. The summed E-state index contributed by atoms with van der Waals surface area (Å²) >= 11 is 0. The Bertz CT molecular complexity index is 134. The topological polar surface area (TPSA) is 86.6 Å². The Kier molecular flexibility index (Phi) is 18.5. The van der Waals surface area contributed by atoms with Gasteiger partial charge in [-0.05, 0) is 0 Å². The van der Waals surface area contributed by atoms with Gasteiger partial charge in [0.05, 0.1) is 13.0 Å². The fourth-order valence-electron chi connectivity index (χ4n) is 0.391. The zero-order valence-electron chi connectivity index (χ0n) is 9.33. The fourth-order valence-corrected chi connectivity index (χ4v) is 0.391. The van der Waals surface area contributed by atoms with Crippen LogP contribution in [0.3, 0.4) is 0 Å². The number of carbonyl (C=O) groups is 2. The minimum Gasteiger partial charge on any atom is -1.00 e. The van der Waals surface area contributed by atoms with Crippen LogP contribution in [0.5, 0.6) is 0 Å². The van der Waals surface area contributed by atoms with Gasteiger partial charge in [0.25, 0.3) is 0 Å². The second-order valence-electron chi connectivity index (χ2n) is 1.71. The maximum Gasteiger partial charge on any atom is 1.00 e. The van der Waals surface area contributed by atoms with Gasteiger partial charge in [-0.1, -0.05) is 0 Å². The molecule has 0 radical (unpaired) electrons. The molecule has 3 N–H and O–H groups in total. The van der Waals surface area contributed by atoms with Crippen molar-refractivity contribution in [2.24, 2.45) is 0 Å². The van der Waals surface area contributed by atoms with Crippen molar-refractivity contribution < 1.29 is 81.8 Å². The summed E-state index contributed by atoms with van der Waals surface area (Å²) in [5.74, 6) is -1.91. The second kappa shape index (κ2) is 11.9. The van der Waals surface area contributed by atoms with E-state index in [1.807, 2.05) is 0 Å². The van der Waals surface area contributed by atoms with E-state index in [0.29, 0.717) is 0 Å². The quantitative estimate of drug-likeness (QED) is 0.300. The van der Waals surface area contributed by atoms with Crippen molar-refractivity contribution in [1.82, 2.24) is 5.32 Å². The summed E-state index contributed by atoms with van der Waals surface area (Å²) in [7, 11) is 0. The minimum atomic E-state index is -0.981. The Morgan fingerprint density at radius 1 is 1.17 bits per heavy atom. The smallest absolute Gasteiger partial charge is 1.00 e. The second-order valence-corrected chi connectivity index (χ2v) is 1.71. The van der Waals surface area contributed by atoms with Crippen LogP contribution in [0.25, 0.3) is 0 Å². The molecule has 0 aliphatic carbocycles. The fraction of sp³-hybridized carbons (Fsp3) is 0.600. The van der Waals surface area contributed by atoms with Crippen LogP contribution in [-0.4, -0.2) is 35.2 Å². The maximum absolute atomic E-state index is 9.86. The first-order valence-electron chi connectivity index (χ1n) is 2.77. The summed E-state index contributed by atoms with van der Waals surface area (Å²) in [6.07, 6.45) is -0.0483. The molecule has 0 aromatic carbocycles. The van der Waals surface area contributed by atoms with E-state index < -0.39 is 11.9 Å².